The van der Waals surface area contributed by atoms with Gasteiger partial charge in [0.15, 0.2) is 0 Å². The molecule has 0 aliphatic rings. The number of benzene rings is 2. The number of hydrogen-bond acceptors (Lipinski definition) is 5. The van der Waals surface area contributed by atoms with Gasteiger partial charge in [-0.3, -0.25) is 0 Å². The summed E-state index contributed by atoms with van der Waals surface area (Å²) >= 11 is 1.69. The van der Waals surface area contributed by atoms with E-state index in [9.17, 15) is 4.79 Å². The fourth-order valence-electron chi connectivity index (χ4n) is 2.78. The van der Waals surface area contributed by atoms with E-state index in [1.807, 2.05) is 54.7 Å². The van der Waals surface area contributed by atoms with Crippen LogP contribution in [0.4, 0.5) is 0 Å². The zero-order chi connectivity index (χ0) is 19.2. The van der Waals surface area contributed by atoms with Crippen molar-refractivity contribution < 1.29 is 9.53 Å². The zero-order valence-corrected chi connectivity index (χ0v) is 16.0. The summed E-state index contributed by atoms with van der Waals surface area (Å²) in [6.45, 7) is 0.377. The number of nitrogens with zero attached hydrogens (tertiary/aromatic N) is 3. The molecule has 0 saturated heterocycles. The second kappa shape index (κ2) is 8.63. The fraction of sp³-hybridized carbons (Fsp3) is 0.136. The molecule has 2 aromatic carbocycles. The van der Waals surface area contributed by atoms with E-state index in [2.05, 4.69) is 16.1 Å². The number of aryl methyl sites for hydroxylation is 1. The first-order valence-electron chi connectivity index (χ1n) is 9.07. The summed E-state index contributed by atoms with van der Waals surface area (Å²) in [5, 5.41) is 5.37. The van der Waals surface area contributed by atoms with Crippen molar-refractivity contribution in [3.05, 3.63) is 83.6 Å². The lowest BCUT2D eigenvalue weighted by molar-refractivity contribution is -0.137. The van der Waals surface area contributed by atoms with Crippen LogP contribution in [0.5, 0.6) is 0 Å². The van der Waals surface area contributed by atoms with E-state index in [4.69, 9.17) is 4.74 Å². The molecule has 2 heterocycles. The molecule has 0 bridgehead atoms. The highest BCUT2D eigenvalue weighted by molar-refractivity contribution is 7.18. The van der Waals surface area contributed by atoms with Crippen molar-refractivity contribution in [3.8, 4) is 5.69 Å². The van der Waals surface area contributed by atoms with Crippen molar-refractivity contribution in [1.82, 2.24) is 14.8 Å². The van der Waals surface area contributed by atoms with E-state index in [0.717, 1.165) is 34.6 Å². The Kier molecular flexibility index (Phi) is 5.58. The van der Waals surface area contributed by atoms with Crippen LogP contribution in [0.3, 0.4) is 0 Å². The van der Waals surface area contributed by atoms with Gasteiger partial charge in [0.05, 0.1) is 33.7 Å². The van der Waals surface area contributed by atoms with Gasteiger partial charge in [-0.05, 0) is 36.8 Å². The van der Waals surface area contributed by atoms with Gasteiger partial charge in [0.25, 0.3) is 0 Å². The van der Waals surface area contributed by atoms with Crippen LogP contribution in [-0.4, -0.2) is 27.3 Å². The summed E-state index contributed by atoms with van der Waals surface area (Å²) < 4.78 is 8.23. The van der Waals surface area contributed by atoms with Gasteiger partial charge in [-0.15, -0.1) is 11.3 Å². The maximum absolute atomic E-state index is 11.9. The van der Waals surface area contributed by atoms with Crippen molar-refractivity contribution in [2.45, 2.75) is 12.8 Å². The van der Waals surface area contributed by atoms with Crippen molar-refractivity contribution >= 4 is 33.6 Å². The van der Waals surface area contributed by atoms with Gasteiger partial charge in [0.1, 0.15) is 0 Å². The second-order valence-corrected chi connectivity index (χ2v) is 7.35. The average molecular weight is 389 g/mol. The summed E-state index contributed by atoms with van der Waals surface area (Å²) in [5.74, 6) is -0.350. The Balaban J connectivity index is 1.24. The number of aromatic nitrogens is 3. The minimum absolute atomic E-state index is 0.350. The Morgan fingerprint density at radius 2 is 1.93 bits per heavy atom. The molecule has 2 aromatic heterocycles. The summed E-state index contributed by atoms with van der Waals surface area (Å²) in [6, 6.07) is 17.9. The highest BCUT2D eigenvalue weighted by Gasteiger charge is 2.04. The molecule has 0 radical (unpaired) electrons. The number of fused-ring (bicyclic) bond motifs is 1. The van der Waals surface area contributed by atoms with Crippen LogP contribution in [0, 0.1) is 0 Å². The number of rotatable bonds is 7. The van der Waals surface area contributed by atoms with E-state index >= 15 is 0 Å². The molecule has 0 N–H and O–H groups in total. The van der Waals surface area contributed by atoms with Gasteiger partial charge in [0.2, 0.25) is 0 Å². The molecule has 0 unspecified atom stereocenters. The normalized spacial score (nSPS) is 11.3. The maximum atomic E-state index is 11.9. The van der Waals surface area contributed by atoms with Crippen LogP contribution in [0.1, 0.15) is 17.0 Å². The standard InChI is InChI=1S/C22H19N3O2S/c26-22(13-12-17-15-23-25(16-17)18-7-2-1-3-8-18)27-14-6-11-21-24-19-9-4-5-10-20(19)28-21/h1-5,7-10,12-13,15-16H,6,11,14H2/b13-12+. The monoisotopic (exact) mass is 389 g/mol. The molecule has 28 heavy (non-hydrogen) atoms. The Morgan fingerprint density at radius 1 is 1.11 bits per heavy atom. The van der Waals surface area contributed by atoms with Crippen LogP contribution in [-0.2, 0) is 16.0 Å². The number of esters is 1. The molecule has 0 saturated carbocycles. The van der Waals surface area contributed by atoms with E-state index in [1.54, 1.807) is 28.3 Å². The lowest BCUT2D eigenvalue weighted by Crippen LogP contribution is -2.03. The van der Waals surface area contributed by atoms with Gasteiger partial charge in [-0.1, -0.05) is 30.3 Å². The van der Waals surface area contributed by atoms with Crippen molar-refractivity contribution in [3.63, 3.8) is 0 Å². The molecule has 0 aliphatic carbocycles. The van der Waals surface area contributed by atoms with Crippen LogP contribution in [0.2, 0.25) is 0 Å². The summed E-state index contributed by atoms with van der Waals surface area (Å²) in [5.41, 5.74) is 2.84. The first-order valence-corrected chi connectivity index (χ1v) is 9.89. The molecule has 140 valence electrons. The number of thiazole rings is 1. The lowest BCUT2D eigenvalue weighted by atomic mass is 10.3. The van der Waals surface area contributed by atoms with Crippen LogP contribution < -0.4 is 0 Å². The molecule has 0 spiro atoms. The SMILES string of the molecule is O=C(/C=C/c1cnn(-c2ccccc2)c1)OCCCc1nc2ccccc2s1. The van der Waals surface area contributed by atoms with Gasteiger partial charge in [-0.25, -0.2) is 14.5 Å². The summed E-state index contributed by atoms with van der Waals surface area (Å²) in [4.78, 5) is 16.5. The van der Waals surface area contributed by atoms with Gasteiger partial charge in [-0.2, -0.15) is 5.10 Å². The molecule has 0 aliphatic heterocycles. The molecule has 4 rings (SSSR count). The first kappa shape index (κ1) is 18.1. The van der Waals surface area contributed by atoms with Crippen LogP contribution in [0.15, 0.2) is 73.1 Å². The Bertz CT molecular complexity index is 1070. The number of hydrogen-bond donors (Lipinski definition) is 0. The Labute approximate surface area is 166 Å². The molecule has 0 fully saturated rings. The second-order valence-electron chi connectivity index (χ2n) is 6.23. The summed E-state index contributed by atoms with van der Waals surface area (Å²) in [7, 11) is 0. The third-order valence-electron chi connectivity index (χ3n) is 4.15. The number of ether oxygens (including phenoxy) is 1. The fourth-order valence-corrected chi connectivity index (χ4v) is 3.79. The smallest absolute Gasteiger partial charge is 0.330 e. The highest BCUT2D eigenvalue weighted by Crippen LogP contribution is 2.22. The topological polar surface area (TPSA) is 57.0 Å². The van der Waals surface area contributed by atoms with Gasteiger partial charge in [0, 0.05) is 24.3 Å². The predicted molar refractivity (Wildman–Crippen MR) is 111 cm³/mol. The van der Waals surface area contributed by atoms with E-state index in [-0.39, 0.29) is 5.97 Å². The predicted octanol–water partition coefficient (Wildman–Crippen LogP) is 4.67. The quantitative estimate of drug-likeness (QED) is 0.262. The third-order valence-corrected chi connectivity index (χ3v) is 5.25. The molecular formula is C22H19N3O2S. The minimum atomic E-state index is -0.350. The summed E-state index contributed by atoms with van der Waals surface area (Å²) in [6.07, 6.45) is 8.29. The van der Waals surface area contributed by atoms with Crippen LogP contribution >= 0.6 is 11.3 Å². The lowest BCUT2D eigenvalue weighted by Gasteiger charge is -2.00. The number of carbonyl (C=O) groups excluding carboxylic acids is 1. The Morgan fingerprint density at radius 3 is 2.79 bits per heavy atom. The maximum Gasteiger partial charge on any atom is 0.330 e. The largest absolute Gasteiger partial charge is 0.463 e. The van der Waals surface area contributed by atoms with Crippen LogP contribution in [0.25, 0.3) is 22.0 Å². The van der Waals surface area contributed by atoms with Gasteiger partial charge >= 0.3 is 5.97 Å². The van der Waals surface area contributed by atoms with E-state index in [1.165, 1.54) is 10.8 Å². The Hall–Kier alpha value is -3.25. The van der Waals surface area contributed by atoms with Crippen molar-refractivity contribution in [2.24, 2.45) is 0 Å². The van der Waals surface area contributed by atoms with Crippen molar-refractivity contribution in [2.75, 3.05) is 6.61 Å². The highest BCUT2D eigenvalue weighted by atomic mass is 32.1. The molecule has 0 amide bonds. The zero-order valence-electron chi connectivity index (χ0n) is 15.2. The van der Waals surface area contributed by atoms with E-state index < -0.39 is 0 Å². The number of carbonyl (C=O) groups is 1. The minimum Gasteiger partial charge on any atom is -0.463 e. The molecule has 4 aromatic rings. The molecule has 5 nitrogen and oxygen atoms in total. The van der Waals surface area contributed by atoms with Crippen molar-refractivity contribution in [1.29, 1.82) is 0 Å². The third kappa shape index (κ3) is 4.53. The molecule has 6 heteroatoms. The van der Waals surface area contributed by atoms with E-state index in [0.29, 0.717) is 6.61 Å². The van der Waals surface area contributed by atoms with Gasteiger partial charge < -0.3 is 4.74 Å². The average Bonchev–Trinajstić information content (AvgIpc) is 3.37. The molecular weight excluding hydrogens is 370 g/mol. The number of para-hydroxylation sites is 2. The first-order chi connectivity index (χ1) is 13.8. The molecule has 0 atom stereocenters.